The minimum atomic E-state index is 0.637. The molecule has 12 heavy (non-hydrogen) atoms. The van der Waals surface area contributed by atoms with Crippen molar-refractivity contribution in [1.29, 1.82) is 0 Å². The molecule has 0 aliphatic heterocycles. The van der Waals surface area contributed by atoms with Crippen LogP contribution in [0.15, 0.2) is 37.0 Å². The van der Waals surface area contributed by atoms with Gasteiger partial charge < -0.3 is 0 Å². The highest BCUT2D eigenvalue weighted by Gasteiger charge is 1.93. The lowest BCUT2D eigenvalue weighted by molar-refractivity contribution is 0.657. The largest absolute Gasteiger partial charge is 0.103 e. The van der Waals surface area contributed by atoms with Crippen LogP contribution in [0, 0.1) is 5.92 Å². The third-order valence-electron chi connectivity index (χ3n) is 1.98. The van der Waals surface area contributed by atoms with Crippen LogP contribution in [0.4, 0.5) is 0 Å². The molecule has 0 amide bonds. The molecule has 0 rings (SSSR count). The first-order valence-electron chi connectivity index (χ1n) is 4.59. The van der Waals surface area contributed by atoms with Crippen LogP contribution in [0.3, 0.4) is 0 Å². The second-order valence-corrected chi connectivity index (χ2v) is 3.33. The summed E-state index contributed by atoms with van der Waals surface area (Å²) in [6, 6.07) is 0. The van der Waals surface area contributed by atoms with Gasteiger partial charge in [0.2, 0.25) is 0 Å². The van der Waals surface area contributed by atoms with Crippen molar-refractivity contribution in [3.63, 3.8) is 0 Å². The Morgan fingerprint density at radius 3 is 2.58 bits per heavy atom. The van der Waals surface area contributed by atoms with Crippen molar-refractivity contribution in [3.8, 4) is 0 Å². The maximum atomic E-state index is 3.76. The van der Waals surface area contributed by atoms with Crippen LogP contribution in [-0.2, 0) is 0 Å². The van der Waals surface area contributed by atoms with E-state index >= 15 is 0 Å². The van der Waals surface area contributed by atoms with E-state index in [1.165, 1.54) is 12.0 Å². The maximum absolute atomic E-state index is 3.76. The highest BCUT2D eigenvalue weighted by Crippen LogP contribution is 2.09. The highest BCUT2D eigenvalue weighted by atomic mass is 14.0. The average Bonchev–Trinajstić information content (AvgIpc) is 2.04. The summed E-state index contributed by atoms with van der Waals surface area (Å²) in [6.45, 7) is 11.8. The Hall–Kier alpha value is -0.780. The molecule has 0 aliphatic carbocycles. The van der Waals surface area contributed by atoms with Gasteiger partial charge in [-0.05, 0) is 32.1 Å². The molecule has 0 aromatic heterocycles. The molecule has 0 fully saturated rings. The lowest BCUT2D eigenvalue weighted by atomic mass is 10.0. The Labute approximate surface area is 76.7 Å². The Morgan fingerprint density at radius 2 is 2.08 bits per heavy atom. The van der Waals surface area contributed by atoms with Crippen LogP contribution in [0.1, 0.15) is 33.1 Å². The molecule has 0 aliphatic rings. The second kappa shape index (κ2) is 6.90. The molecule has 0 radical (unpaired) electrons. The van der Waals surface area contributed by atoms with Gasteiger partial charge in [0.25, 0.3) is 0 Å². The summed E-state index contributed by atoms with van der Waals surface area (Å²) in [5.74, 6) is 0.637. The summed E-state index contributed by atoms with van der Waals surface area (Å²) in [6.07, 6.45) is 9.63. The zero-order valence-electron chi connectivity index (χ0n) is 8.34. The van der Waals surface area contributed by atoms with Crippen molar-refractivity contribution >= 4 is 0 Å². The minimum Gasteiger partial charge on any atom is -0.103 e. The summed E-state index contributed by atoms with van der Waals surface area (Å²) in [5.41, 5.74) is 1.42. The van der Waals surface area contributed by atoms with Crippen LogP contribution in [-0.4, -0.2) is 0 Å². The van der Waals surface area contributed by atoms with Gasteiger partial charge in [-0.1, -0.05) is 30.7 Å². The van der Waals surface area contributed by atoms with Crippen molar-refractivity contribution in [2.45, 2.75) is 33.1 Å². The van der Waals surface area contributed by atoms with Crippen LogP contribution in [0.25, 0.3) is 0 Å². The molecule has 0 spiro atoms. The van der Waals surface area contributed by atoms with Gasteiger partial charge in [-0.3, -0.25) is 0 Å². The van der Waals surface area contributed by atoms with E-state index in [4.69, 9.17) is 0 Å². The zero-order valence-corrected chi connectivity index (χ0v) is 8.34. The van der Waals surface area contributed by atoms with Gasteiger partial charge in [-0.15, -0.1) is 13.2 Å². The van der Waals surface area contributed by atoms with E-state index in [0.29, 0.717) is 5.92 Å². The number of rotatable bonds is 6. The fourth-order valence-corrected chi connectivity index (χ4v) is 1.02. The molecule has 0 saturated heterocycles. The predicted octanol–water partition coefficient (Wildman–Crippen LogP) is 4.11. The molecule has 1 unspecified atom stereocenters. The summed E-state index contributed by atoms with van der Waals surface area (Å²) in [4.78, 5) is 0. The van der Waals surface area contributed by atoms with Crippen LogP contribution >= 0.6 is 0 Å². The molecular weight excluding hydrogens is 144 g/mol. The Morgan fingerprint density at radius 1 is 1.42 bits per heavy atom. The number of allylic oxidation sites excluding steroid dienone is 4. The summed E-state index contributed by atoms with van der Waals surface area (Å²) in [5, 5.41) is 0. The SMILES string of the molecule is C=CCC(C)=CCCC(C)C=C. The molecule has 0 nitrogen and oxygen atoms in total. The Balaban J connectivity index is 3.58. The lowest BCUT2D eigenvalue weighted by Gasteiger charge is -2.02. The Kier molecular flexibility index (Phi) is 6.45. The first-order valence-corrected chi connectivity index (χ1v) is 4.59. The van der Waals surface area contributed by atoms with E-state index in [-0.39, 0.29) is 0 Å². The quantitative estimate of drug-likeness (QED) is 0.518. The summed E-state index contributed by atoms with van der Waals surface area (Å²) < 4.78 is 0. The summed E-state index contributed by atoms with van der Waals surface area (Å²) in [7, 11) is 0. The monoisotopic (exact) mass is 164 g/mol. The fourth-order valence-electron chi connectivity index (χ4n) is 1.02. The summed E-state index contributed by atoms with van der Waals surface area (Å²) >= 11 is 0. The van der Waals surface area contributed by atoms with Gasteiger partial charge in [0.05, 0.1) is 0 Å². The molecule has 0 aromatic carbocycles. The molecule has 0 saturated carbocycles. The van der Waals surface area contributed by atoms with Crippen molar-refractivity contribution in [1.82, 2.24) is 0 Å². The molecule has 1 atom stereocenters. The minimum absolute atomic E-state index is 0.637. The third kappa shape index (κ3) is 5.96. The van der Waals surface area contributed by atoms with E-state index in [1.807, 2.05) is 12.2 Å². The van der Waals surface area contributed by atoms with Crippen LogP contribution < -0.4 is 0 Å². The third-order valence-corrected chi connectivity index (χ3v) is 1.98. The maximum Gasteiger partial charge on any atom is -0.0144 e. The zero-order chi connectivity index (χ0) is 9.40. The standard InChI is InChI=1S/C12H20/c1-5-8-12(4)10-7-9-11(3)6-2/h5-6,10-11H,1-2,7-9H2,3-4H3. The number of hydrogen-bond donors (Lipinski definition) is 0. The van der Waals surface area contributed by atoms with Gasteiger partial charge in [0.15, 0.2) is 0 Å². The van der Waals surface area contributed by atoms with Gasteiger partial charge in [0, 0.05) is 0 Å². The predicted molar refractivity (Wildman–Crippen MR) is 57.2 cm³/mol. The molecule has 0 N–H and O–H groups in total. The average molecular weight is 164 g/mol. The highest BCUT2D eigenvalue weighted by molar-refractivity contribution is 5.02. The molecule has 0 aromatic rings. The topological polar surface area (TPSA) is 0 Å². The molecule has 0 heteroatoms. The van der Waals surface area contributed by atoms with E-state index in [9.17, 15) is 0 Å². The second-order valence-electron chi connectivity index (χ2n) is 3.33. The van der Waals surface area contributed by atoms with Gasteiger partial charge >= 0.3 is 0 Å². The smallest absolute Gasteiger partial charge is 0.0144 e. The molecule has 68 valence electrons. The first-order chi connectivity index (χ1) is 5.70. The number of hydrogen-bond acceptors (Lipinski definition) is 0. The van der Waals surface area contributed by atoms with Gasteiger partial charge in [0.1, 0.15) is 0 Å². The van der Waals surface area contributed by atoms with Gasteiger partial charge in [-0.2, -0.15) is 0 Å². The van der Waals surface area contributed by atoms with Crippen LogP contribution in [0.2, 0.25) is 0 Å². The molecule has 0 heterocycles. The van der Waals surface area contributed by atoms with Crippen molar-refractivity contribution in [2.24, 2.45) is 5.92 Å². The normalized spacial score (nSPS) is 14.0. The Bertz CT molecular complexity index is 163. The van der Waals surface area contributed by atoms with Gasteiger partial charge in [-0.25, -0.2) is 0 Å². The molecule has 0 bridgehead atoms. The molecular formula is C12H20. The van der Waals surface area contributed by atoms with E-state index in [2.05, 4.69) is 33.1 Å². The van der Waals surface area contributed by atoms with E-state index < -0.39 is 0 Å². The van der Waals surface area contributed by atoms with Crippen LogP contribution in [0.5, 0.6) is 0 Å². The first kappa shape index (κ1) is 11.2. The lowest BCUT2D eigenvalue weighted by Crippen LogP contribution is -1.86. The van der Waals surface area contributed by atoms with Crippen molar-refractivity contribution in [2.75, 3.05) is 0 Å². The fraction of sp³-hybridized carbons (Fsp3) is 0.500. The van der Waals surface area contributed by atoms with E-state index in [0.717, 1.165) is 12.8 Å². The van der Waals surface area contributed by atoms with E-state index in [1.54, 1.807) is 0 Å². The van der Waals surface area contributed by atoms with Crippen molar-refractivity contribution in [3.05, 3.63) is 37.0 Å². The van der Waals surface area contributed by atoms with Crippen molar-refractivity contribution < 1.29 is 0 Å².